The molecule has 16 heavy (non-hydrogen) atoms. The van der Waals surface area contributed by atoms with Crippen molar-refractivity contribution < 1.29 is 0 Å². The van der Waals surface area contributed by atoms with E-state index in [2.05, 4.69) is 24.0 Å². The van der Waals surface area contributed by atoms with Crippen molar-refractivity contribution >= 4 is 5.69 Å². The van der Waals surface area contributed by atoms with Gasteiger partial charge >= 0.3 is 0 Å². The summed E-state index contributed by atoms with van der Waals surface area (Å²) in [5.41, 5.74) is 9.83. The maximum Gasteiger partial charge on any atom is 0.0363 e. The number of nitrogens with zero attached hydrogens (tertiary/aromatic N) is 1. The summed E-state index contributed by atoms with van der Waals surface area (Å²) >= 11 is 0. The SMILES string of the molecule is CC1CCC(N2Cc3cccc(N)c3C2)C1. The number of hydrogen-bond donors (Lipinski definition) is 1. The van der Waals surface area contributed by atoms with Crippen LogP contribution < -0.4 is 5.73 Å². The first-order valence-corrected chi connectivity index (χ1v) is 6.34. The summed E-state index contributed by atoms with van der Waals surface area (Å²) in [6.45, 7) is 4.55. The van der Waals surface area contributed by atoms with E-state index in [1.165, 1.54) is 30.4 Å². The molecule has 2 unspecified atom stereocenters. The van der Waals surface area contributed by atoms with Crippen LogP contribution in [0.3, 0.4) is 0 Å². The molecule has 1 aliphatic heterocycles. The minimum atomic E-state index is 0.793. The molecule has 0 radical (unpaired) electrons. The second-order valence-corrected chi connectivity index (χ2v) is 5.46. The van der Waals surface area contributed by atoms with Crippen LogP contribution in [0.4, 0.5) is 5.69 Å². The summed E-state index contributed by atoms with van der Waals surface area (Å²) in [4.78, 5) is 2.62. The molecule has 2 atom stereocenters. The molecule has 2 nitrogen and oxygen atoms in total. The smallest absolute Gasteiger partial charge is 0.0363 e. The van der Waals surface area contributed by atoms with E-state index in [0.29, 0.717) is 0 Å². The van der Waals surface area contributed by atoms with Gasteiger partial charge in [-0.2, -0.15) is 0 Å². The first-order chi connectivity index (χ1) is 7.74. The maximum atomic E-state index is 6.03. The predicted molar refractivity (Wildman–Crippen MR) is 66.9 cm³/mol. The first-order valence-electron chi connectivity index (χ1n) is 6.34. The van der Waals surface area contributed by atoms with Crippen LogP contribution in [-0.2, 0) is 13.1 Å². The summed E-state index contributed by atoms with van der Waals surface area (Å²) in [7, 11) is 0. The van der Waals surface area contributed by atoms with Gasteiger partial charge in [0.15, 0.2) is 0 Å². The second-order valence-electron chi connectivity index (χ2n) is 5.46. The summed E-state index contributed by atoms with van der Waals surface area (Å²) < 4.78 is 0. The minimum absolute atomic E-state index is 0.793. The highest BCUT2D eigenvalue weighted by Gasteiger charge is 2.31. The molecule has 0 bridgehead atoms. The van der Waals surface area contributed by atoms with E-state index in [1.54, 1.807) is 0 Å². The Morgan fingerprint density at radius 1 is 1.25 bits per heavy atom. The molecule has 86 valence electrons. The van der Waals surface area contributed by atoms with E-state index in [0.717, 1.165) is 30.7 Å². The number of fused-ring (bicyclic) bond motifs is 1. The molecular weight excluding hydrogens is 196 g/mol. The Morgan fingerprint density at radius 3 is 2.81 bits per heavy atom. The van der Waals surface area contributed by atoms with Crippen LogP contribution >= 0.6 is 0 Å². The third kappa shape index (κ3) is 1.61. The number of rotatable bonds is 1. The fourth-order valence-electron chi connectivity index (χ4n) is 3.24. The van der Waals surface area contributed by atoms with Crippen LogP contribution in [0.2, 0.25) is 0 Å². The molecular formula is C14H20N2. The van der Waals surface area contributed by atoms with E-state index in [1.807, 2.05) is 6.07 Å². The number of anilines is 1. The van der Waals surface area contributed by atoms with Crippen molar-refractivity contribution in [2.24, 2.45) is 5.92 Å². The Bertz CT molecular complexity index is 400. The predicted octanol–water partition coefficient (Wildman–Crippen LogP) is 2.77. The minimum Gasteiger partial charge on any atom is -0.398 e. The second kappa shape index (κ2) is 3.77. The normalized spacial score (nSPS) is 29.6. The van der Waals surface area contributed by atoms with E-state index < -0.39 is 0 Å². The van der Waals surface area contributed by atoms with Crippen LogP contribution in [0.5, 0.6) is 0 Å². The lowest BCUT2D eigenvalue weighted by atomic mass is 10.1. The Morgan fingerprint density at radius 2 is 2.12 bits per heavy atom. The Labute approximate surface area is 97.4 Å². The van der Waals surface area contributed by atoms with Gasteiger partial charge in [0.05, 0.1) is 0 Å². The van der Waals surface area contributed by atoms with Crippen LogP contribution in [-0.4, -0.2) is 10.9 Å². The van der Waals surface area contributed by atoms with Gasteiger partial charge in [0, 0.05) is 24.8 Å². The summed E-state index contributed by atoms with van der Waals surface area (Å²) in [5, 5.41) is 0. The van der Waals surface area contributed by atoms with E-state index in [9.17, 15) is 0 Å². The van der Waals surface area contributed by atoms with Crippen molar-refractivity contribution in [2.45, 2.75) is 45.3 Å². The molecule has 1 aromatic rings. The molecule has 2 heteroatoms. The molecule has 0 saturated heterocycles. The van der Waals surface area contributed by atoms with Gasteiger partial charge in [-0.15, -0.1) is 0 Å². The maximum absolute atomic E-state index is 6.03. The van der Waals surface area contributed by atoms with Crippen molar-refractivity contribution in [1.82, 2.24) is 4.90 Å². The zero-order chi connectivity index (χ0) is 11.1. The molecule has 1 heterocycles. The number of benzene rings is 1. The van der Waals surface area contributed by atoms with E-state index in [-0.39, 0.29) is 0 Å². The third-order valence-electron chi connectivity index (χ3n) is 4.23. The Kier molecular flexibility index (Phi) is 2.40. The average Bonchev–Trinajstić information content (AvgIpc) is 2.84. The van der Waals surface area contributed by atoms with Crippen molar-refractivity contribution in [3.8, 4) is 0 Å². The fraction of sp³-hybridized carbons (Fsp3) is 0.571. The van der Waals surface area contributed by atoms with Crippen LogP contribution in [0.1, 0.15) is 37.3 Å². The van der Waals surface area contributed by atoms with Gasteiger partial charge < -0.3 is 5.73 Å². The van der Waals surface area contributed by atoms with Crippen molar-refractivity contribution in [1.29, 1.82) is 0 Å². The quantitative estimate of drug-likeness (QED) is 0.731. The lowest BCUT2D eigenvalue weighted by Gasteiger charge is -2.23. The lowest BCUT2D eigenvalue weighted by molar-refractivity contribution is 0.198. The molecule has 1 fully saturated rings. The zero-order valence-electron chi connectivity index (χ0n) is 9.95. The number of hydrogen-bond acceptors (Lipinski definition) is 2. The standard InChI is InChI=1S/C14H20N2/c1-10-5-6-12(7-10)16-8-11-3-2-4-14(15)13(11)9-16/h2-4,10,12H,5-9,15H2,1H3. The van der Waals surface area contributed by atoms with Crippen molar-refractivity contribution in [3.05, 3.63) is 29.3 Å². The third-order valence-corrected chi connectivity index (χ3v) is 4.23. The van der Waals surface area contributed by atoms with Gasteiger partial charge in [-0.1, -0.05) is 19.1 Å². The molecule has 0 aromatic heterocycles. The van der Waals surface area contributed by atoms with E-state index in [4.69, 9.17) is 5.73 Å². The fourth-order valence-corrected chi connectivity index (χ4v) is 3.24. The highest BCUT2D eigenvalue weighted by molar-refractivity contribution is 5.52. The van der Waals surface area contributed by atoms with Crippen molar-refractivity contribution in [3.63, 3.8) is 0 Å². The van der Waals surface area contributed by atoms with Gasteiger partial charge in [-0.3, -0.25) is 4.90 Å². The Hall–Kier alpha value is -1.02. The zero-order valence-corrected chi connectivity index (χ0v) is 9.95. The van der Waals surface area contributed by atoms with E-state index >= 15 is 0 Å². The molecule has 1 aromatic carbocycles. The average molecular weight is 216 g/mol. The molecule has 2 N–H and O–H groups in total. The van der Waals surface area contributed by atoms with Gasteiger partial charge in [-0.25, -0.2) is 0 Å². The summed E-state index contributed by atoms with van der Waals surface area (Å²) in [5.74, 6) is 0.908. The van der Waals surface area contributed by atoms with Crippen LogP contribution in [0, 0.1) is 5.92 Å². The lowest BCUT2D eigenvalue weighted by Crippen LogP contribution is -2.28. The van der Waals surface area contributed by atoms with Gasteiger partial charge in [0.2, 0.25) is 0 Å². The summed E-state index contributed by atoms with van der Waals surface area (Å²) in [6.07, 6.45) is 4.13. The molecule has 1 saturated carbocycles. The monoisotopic (exact) mass is 216 g/mol. The first kappa shape index (κ1) is 10.2. The summed E-state index contributed by atoms with van der Waals surface area (Å²) in [6, 6.07) is 7.13. The van der Waals surface area contributed by atoms with Crippen LogP contribution in [0.15, 0.2) is 18.2 Å². The molecule has 0 amide bonds. The van der Waals surface area contributed by atoms with Gasteiger partial charge in [0.1, 0.15) is 0 Å². The highest BCUT2D eigenvalue weighted by Crippen LogP contribution is 2.35. The number of nitrogens with two attached hydrogens (primary N) is 1. The largest absolute Gasteiger partial charge is 0.398 e. The topological polar surface area (TPSA) is 29.3 Å². The molecule has 1 aliphatic carbocycles. The molecule has 3 rings (SSSR count). The van der Waals surface area contributed by atoms with Crippen molar-refractivity contribution in [2.75, 3.05) is 5.73 Å². The van der Waals surface area contributed by atoms with Gasteiger partial charge in [0.25, 0.3) is 0 Å². The molecule has 0 spiro atoms. The number of nitrogen functional groups attached to an aromatic ring is 1. The van der Waals surface area contributed by atoms with Crippen LogP contribution in [0.25, 0.3) is 0 Å². The highest BCUT2D eigenvalue weighted by atomic mass is 15.2. The molecule has 2 aliphatic rings. The van der Waals surface area contributed by atoms with Gasteiger partial charge in [-0.05, 0) is 42.4 Å². The Balaban J connectivity index is 1.78.